The minimum atomic E-state index is -0.620. The number of aliphatic hydroxyl groups excluding tert-OH is 1. The number of aryl methyl sites for hydroxylation is 1. The molecule has 1 aromatic carbocycles. The van der Waals surface area contributed by atoms with E-state index in [2.05, 4.69) is 15.9 Å². The maximum absolute atomic E-state index is 10.4. The van der Waals surface area contributed by atoms with Gasteiger partial charge in [0.25, 0.3) is 0 Å². The molecule has 0 aliphatic carbocycles. The summed E-state index contributed by atoms with van der Waals surface area (Å²) in [7, 11) is 1.62. The van der Waals surface area contributed by atoms with Gasteiger partial charge in [0.15, 0.2) is 0 Å². The molecule has 0 aliphatic rings. The van der Waals surface area contributed by atoms with E-state index in [1.807, 2.05) is 36.6 Å². The Morgan fingerprint density at radius 2 is 2.06 bits per heavy atom. The van der Waals surface area contributed by atoms with Crippen LogP contribution < -0.4 is 4.74 Å². The molecule has 0 amide bonds. The van der Waals surface area contributed by atoms with Crippen LogP contribution in [0.3, 0.4) is 0 Å². The van der Waals surface area contributed by atoms with E-state index in [1.165, 1.54) is 0 Å². The largest absolute Gasteiger partial charge is 0.497 e. The number of ether oxygens (including phenoxy) is 1. The van der Waals surface area contributed by atoms with Gasteiger partial charge in [0.1, 0.15) is 11.9 Å². The number of halogens is 1. The van der Waals surface area contributed by atoms with Crippen LogP contribution in [-0.4, -0.2) is 12.2 Å². The zero-order valence-corrected chi connectivity index (χ0v) is 12.0. The predicted molar refractivity (Wildman–Crippen MR) is 73.8 cm³/mol. The summed E-state index contributed by atoms with van der Waals surface area (Å²) in [6.45, 7) is 2.01. The lowest BCUT2D eigenvalue weighted by molar-refractivity contribution is 0.219. The van der Waals surface area contributed by atoms with E-state index in [9.17, 15) is 5.11 Å². The van der Waals surface area contributed by atoms with Crippen molar-refractivity contribution < 1.29 is 9.84 Å². The van der Waals surface area contributed by atoms with Crippen molar-refractivity contribution in [1.82, 2.24) is 0 Å². The van der Waals surface area contributed by atoms with Crippen molar-refractivity contribution in [2.24, 2.45) is 0 Å². The van der Waals surface area contributed by atoms with Gasteiger partial charge in [-0.05, 0) is 42.1 Å². The molecule has 0 saturated carbocycles. The molecule has 0 saturated heterocycles. The molecule has 1 atom stereocenters. The molecular formula is C13H13BrO2S. The fourth-order valence-electron chi connectivity index (χ4n) is 1.70. The third-order valence-corrected chi connectivity index (χ3v) is 4.27. The Morgan fingerprint density at radius 1 is 1.29 bits per heavy atom. The monoisotopic (exact) mass is 312 g/mol. The number of methoxy groups -OCH3 is 1. The summed E-state index contributed by atoms with van der Waals surface area (Å²) >= 11 is 5.09. The van der Waals surface area contributed by atoms with Crippen molar-refractivity contribution in [3.8, 4) is 5.75 Å². The van der Waals surface area contributed by atoms with Gasteiger partial charge >= 0.3 is 0 Å². The van der Waals surface area contributed by atoms with E-state index in [-0.39, 0.29) is 0 Å². The first-order valence-corrected chi connectivity index (χ1v) is 6.86. The first-order chi connectivity index (χ1) is 8.13. The molecule has 4 heteroatoms. The average Bonchev–Trinajstić information content (AvgIpc) is 2.75. The van der Waals surface area contributed by atoms with Crippen LogP contribution in [0.4, 0.5) is 0 Å². The molecule has 2 aromatic rings. The van der Waals surface area contributed by atoms with E-state index in [0.717, 1.165) is 26.2 Å². The van der Waals surface area contributed by atoms with Gasteiger partial charge in [0.2, 0.25) is 0 Å². The van der Waals surface area contributed by atoms with Gasteiger partial charge in [-0.3, -0.25) is 0 Å². The zero-order chi connectivity index (χ0) is 12.4. The van der Waals surface area contributed by atoms with E-state index in [0.29, 0.717) is 0 Å². The summed E-state index contributed by atoms with van der Waals surface area (Å²) in [6.07, 6.45) is -0.620. The Bertz CT molecular complexity index is 522. The normalized spacial score (nSPS) is 12.5. The molecule has 1 aromatic heterocycles. The third kappa shape index (κ3) is 2.54. The number of rotatable bonds is 3. The van der Waals surface area contributed by atoms with Crippen LogP contribution in [-0.2, 0) is 0 Å². The summed E-state index contributed by atoms with van der Waals surface area (Å²) in [6, 6.07) is 7.56. The van der Waals surface area contributed by atoms with Gasteiger partial charge in [-0.1, -0.05) is 15.9 Å². The van der Waals surface area contributed by atoms with Crippen molar-refractivity contribution in [1.29, 1.82) is 0 Å². The topological polar surface area (TPSA) is 29.5 Å². The second-order valence-corrected chi connectivity index (χ2v) is 5.70. The second kappa shape index (κ2) is 5.21. The van der Waals surface area contributed by atoms with Crippen molar-refractivity contribution >= 4 is 27.3 Å². The van der Waals surface area contributed by atoms with Gasteiger partial charge < -0.3 is 9.84 Å². The summed E-state index contributed by atoms with van der Waals surface area (Å²) in [5.41, 5.74) is 1.77. The molecule has 0 spiro atoms. The van der Waals surface area contributed by atoms with E-state index >= 15 is 0 Å². The predicted octanol–water partition coefficient (Wildman–Crippen LogP) is 3.91. The molecule has 1 N–H and O–H groups in total. The lowest BCUT2D eigenvalue weighted by Gasteiger charge is -2.14. The van der Waals surface area contributed by atoms with Crippen molar-refractivity contribution in [3.05, 3.63) is 50.1 Å². The average molecular weight is 313 g/mol. The first-order valence-electron chi connectivity index (χ1n) is 5.19. The SMILES string of the molecule is COc1ccc(Br)c(C(O)c2ccsc2C)c1. The molecule has 0 bridgehead atoms. The van der Waals surface area contributed by atoms with Crippen LogP contribution in [0, 0.1) is 6.92 Å². The standard InChI is InChI=1S/C13H13BrO2S/c1-8-10(5-6-17-8)13(15)11-7-9(16-2)3-4-12(11)14/h3-7,13,15H,1-2H3. The van der Waals surface area contributed by atoms with Crippen LogP contribution in [0.15, 0.2) is 34.1 Å². The van der Waals surface area contributed by atoms with E-state index < -0.39 is 6.10 Å². The maximum atomic E-state index is 10.4. The van der Waals surface area contributed by atoms with Gasteiger partial charge in [-0.2, -0.15) is 0 Å². The van der Waals surface area contributed by atoms with Crippen LogP contribution in [0.25, 0.3) is 0 Å². The van der Waals surface area contributed by atoms with Crippen molar-refractivity contribution in [2.45, 2.75) is 13.0 Å². The van der Waals surface area contributed by atoms with E-state index in [1.54, 1.807) is 18.4 Å². The fourth-order valence-corrected chi connectivity index (χ4v) is 2.90. The van der Waals surface area contributed by atoms with E-state index in [4.69, 9.17) is 4.74 Å². The lowest BCUT2D eigenvalue weighted by atomic mass is 10.0. The number of hydrogen-bond acceptors (Lipinski definition) is 3. The Balaban J connectivity index is 2.43. The number of thiophene rings is 1. The molecule has 2 nitrogen and oxygen atoms in total. The van der Waals surface area contributed by atoms with Crippen LogP contribution >= 0.6 is 27.3 Å². The van der Waals surface area contributed by atoms with Gasteiger partial charge in [-0.15, -0.1) is 11.3 Å². The number of benzene rings is 1. The highest BCUT2D eigenvalue weighted by molar-refractivity contribution is 9.10. The van der Waals surface area contributed by atoms with Crippen molar-refractivity contribution in [3.63, 3.8) is 0 Å². The fraction of sp³-hybridized carbons (Fsp3) is 0.231. The Kier molecular flexibility index (Phi) is 3.86. The molecule has 17 heavy (non-hydrogen) atoms. The van der Waals surface area contributed by atoms with Crippen LogP contribution in [0.1, 0.15) is 22.1 Å². The van der Waals surface area contributed by atoms with Crippen molar-refractivity contribution in [2.75, 3.05) is 7.11 Å². The Hall–Kier alpha value is -0.840. The summed E-state index contributed by atoms with van der Waals surface area (Å²) in [5, 5.41) is 12.4. The second-order valence-electron chi connectivity index (χ2n) is 3.72. The lowest BCUT2D eigenvalue weighted by Crippen LogP contribution is -2.01. The maximum Gasteiger partial charge on any atom is 0.119 e. The summed E-state index contributed by atoms with van der Waals surface area (Å²) in [4.78, 5) is 1.13. The Labute approximate surface area is 113 Å². The molecule has 1 heterocycles. The highest BCUT2D eigenvalue weighted by atomic mass is 79.9. The van der Waals surface area contributed by atoms with Crippen LogP contribution in [0.5, 0.6) is 5.75 Å². The molecule has 90 valence electrons. The molecule has 0 fully saturated rings. The summed E-state index contributed by atoms with van der Waals surface area (Å²) in [5.74, 6) is 0.745. The van der Waals surface area contributed by atoms with Gasteiger partial charge in [-0.25, -0.2) is 0 Å². The zero-order valence-electron chi connectivity index (χ0n) is 9.61. The minimum Gasteiger partial charge on any atom is -0.497 e. The molecule has 1 unspecified atom stereocenters. The smallest absolute Gasteiger partial charge is 0.119 e. The van der Waals surface area contributed by atoms with Gasteiger partial charge in [0, 0.05) is 14.9 Å². The van der Waals surface area contributed by atoms with Gasteiger partial charge in [0.05, 0.1) is 7.11 Å². The highest BCUT2D eigenvalue weighted by Crippen LogP contribution is 2.34. The highest BCUT2D eigenvalue weighted by Gasteiger charge is 2.17. The van der Waals surface area contributed by atoms with Crippen LogP contribution in [0.2, 0.25) is 0 Å². The molecule has 0 radical (unpaired) electrons. The summed E-state index contributed by atoms with van der Waals surface area (Å²) < 4.78 is 6.06. The third-order valence-electron chi connectivity index (χ3n) is 2.69. The quantitative estimate of drug-likeness (QED) is 0.931. The molecule has 0 aliphatic heterocycles. The molecule has 2 rings (SSSR count). The minimum absolute atomic E-state index is 0.620. The Morgan fingerprint density at radius 3 is 2.65 bits per heavy atom. The number of aliphatic hydroxyl groups is 1. The molecular weight excluding hydrogens is 300 g/mol. The number of hydrogen-bond donors (Lipinski definition) is 1. The first kappa shape index (κ1) is 12.6.